The molecule has 0 aliphatic rings. The standard InChI is InChI=1S/C20H25N3O3/c1-4-23(14-16-8-10-18(26-3)11-9-16)19(24)13-21-20(25)22-17-7-5-6-15(2)12-17/h5-12H,4,13-14H2,1-3H3,(H2,21,22,25). The first kappa shape index (κ1) is 19.3. The Morgan fingerprint density at radius 3 is 2.46 bits per heavy atom. The Balaban J connectivity index is 1.84. The number of nitrogens with one attached hydrogen (secondary N) is 2. The van der Waals surface area contributed by atoms with Gasteiger partial charge < -0.3 is 20.3 Å². The summed E-state index contributed by atoms with van der Waals surface area (Å²) in [4.78, 5) is 26.0. The van der Waals surface area contributed by atoms with Crippen LogP contribution in [0.15, 0.2) is 48.5 Å². The van der Waals surface area contributed by atoms with Gasteiger partial charge in [0.15, 0.2) is 0 Å². The number of methoxy groups -OCH3 is 1. The van der Waals surface area contributed by atoms with Crippen molar-refractivity contribution in [3.05, 3.63) is 59.7 Å². The van der Waals surface area contributed by atoms with Crippen LogP contribution in [0.5, 0.6) is 5.75 Å². The molecule has 6 heteroatoms. The summed E-state index contributed by atoms with van der Waals surface area (Å²) in [6, 6.07) is 14.7. The van der Waals surface area contributed by atoms with E-state index in [1.807, 2.05) is 56.3 Å². The Morgan fingerprint density at radius 2 is 1.85 bits per heavy atom. The molecule has 0 atom stereocenters. The van der Waals surface area contributed by atoms with Crippen molar-refractivity contribution in [2.24, 2.45) is 0 Å². The van der Waals surface area contributed by atoms with E-state index in [9.17, 15) is 9.59 Å². The summed E-state index contributed by atoms with van der Waals surface area (Å²) in [6.45, 7) is 4.85. The molecule has 138 valence electrons. The molecule has 6 nitrogen and oxygen atoms in total. The number of aryl methyl sites for hydroxylation is 1. The van der Waals surface area contributed by atoms with Gasteiger partial charge in [0.05, 0.1) is 13.7 Å². The van der Waals surface area contributed by atoms with Crippen molar-refractivity contribution < 1.29 is 14.3 Å². The lowest BCUT2D eigenvalue weighted by Crippen LogP contribution is -2.41. The molecule has 0 unspecified atom stereocenters. The van der Waals surface area contributed by atoms with E-state index >= 15 is 0 Å². The number of carbonyl (C=O) groups is 2. The zero-order valence-electron chi connectivity index (χ0n) is 15.4. The van der Waals surface area contributed by atoms with Crippen molar-refractivity contribution in [1.29, 1.82) is 0 Å². The van der Waals surface area contributed by atoms with Gasteiger partial charge in [0.2, 0.25) is 5.91 Å². The van der Waals surface area contributed by atoms with Crippen LogP contribution in [0.1, 0.15) is 18.1 Å². The van der Waals surface area contributed by atoms with Gasteiger partial charge in [-0.25, -0.2) is 4.79 Å². The molecule has 26 heavy (non-hydrogen) atoms. The van der Waals surface area contributed by atoms with Crippen LogP contribution >= 0.6 is 0 Å². The summed E-state index contributed by atoms with van der Waals surface area (Å²) in [5, 5.41) is 5.33. The maximum Gasteiger partial charge on any atom is 0.319 e. The number of amides is 3. The Kier molecular flexibility index (Phi) is 7.02. The van der Waals surface area contributed by atoms with Crippen LogP contribution < -0.4 is 15.4 Å². The van der Waals surface area contributed by atoms with E-state index in [-0.39, 0.29) is 12.5 Å². The fourth-order valence-corrected chi connectivity index (χ4v) is 2.49. The molecule has 0 aliphatic carbocycles. The molecule has 0 aliphatic heterocycles. The van der Waals surface area contributed by atoms with E-state index in [1.54, 1.807) is 18.1 Å². The van der Waals surface area contributed by atoms with Gasteiger partial charge in [-0.05, 0) is 49.2 Å². The summed E-state index contributed by atoms with van der Waals surface area (Å²) < 4.78 is 5.13. The second-order valence-electron chi connectivity index (χ2n) is 5.93. The summed E-state index contributed by atoms with van der Waals surface area (Å²) in [5.41, 5.74) is 2.75. The molecule has 2 N–H and O–H groups in total. The van der Waals surface area contributed by atoms with Crippen LogP contribution in [-0.4, -0.2) is 37.0 Å². The van der Waals surface area contributed by atoms with Crippen LogP contribution in [0.2, 0.25) is 0 Å². The fourth-order valence-electron chi connectivity index (χ4n) is 2.49. The second kappa shape index (κ2) is 9.46. The van der Waals surface area contributed by atoms with Gasteiger partial charge in [-0.3, -0.25) is 4.79 Å². The molecule has 2 aromatic rings. The van der Waals surface area contributed by atoms with Crippen molar-refractivity contribution in [2.45, 2.75) is 20.4 Å². The molecule has 0 heterocycles. The number of carbonyl (C=O) groups excluding carboxylic acids is 2. The van der Waals surface area contributed by atoms with Crippen LogP contribution in [0.25, 0.3) is 0 Å². The van der Waals surface area contributed by atoms with Gasteiger partial charge in [0.25, 0.3) is 0 Å². The number of anilines is 1. The SMILES string of the molecule is CCN(Cc1ccc(OC)cc1)C(=O)CNC(=O)Nc1cccc(C)c1. The monoisotopic (exact) mass is 355 g/mol. The van der Waals surface area contributed by atoms with Crippen LogP contribution in [-0.2, 0) is 11.3 Å². The molecule has 0 spiro atoms. The highest BCUT2D eigenvalue weighted by atomic mass is 16.5. The summed E-state index contributed by atoms with van der Waals surface area (Å²) in [5.74, 6) is 0.639. The molecule has 0 saturated carbocycles. The third kappa shape index (κ3) is 5.81. The van der Waals surface area contributed by atoms with Crippen molar-refractivity contribution >= 4 is 17.6 Å². The first-order chi connectivity index (χ1) is 12.5. The van der Waals surface area contributed by atoms with E-state index < -0.39 is 6.03 Å². The lowest BCUT2D eigenvalue weighted by molar-refractivity contribution is -0.130. The van der Waals surface area contributed by atoms with Crippen LogP contribution in [0.3, 0.4) is 0 Å². The van der Waals surface area contributed by atoms with Crippen molar-refractivity contribution in [3.63, 3.8) is 0 Å². The molecule has 0 fully saturated rings. The average Bonchev–Trinajstić information content (AvgIpc) is 2.64. The second-order valence-corrected chi connectivity index (χ2v) is 5.93. The highest BCUT2D eigenvalue weighted by Crippen LogP contribution is 2.13. The van der Waals surface area contributed by atoms with Crippen molar-refractivity contribution in [2.75, 3.05) is 25.5 Å². The molecule has 0 radical (unpaired) electrons. The summed E-state index contributed by atoms with van der Waals surface area (Å²) in [6.07, 6.45) is 0. The maximum atomic E-state index is 12.4. The Labute approximate surface area is 154 Å². The van der Waals surface area contributed by atoms with E-state index in [0.717, 1.165) is 16.9 Å². The minimum absolute atomic E-state index is 0.0539. The molecule has 2 rings (SSSR count). The normalized spacial score (nSPS) is 10.1. The molecule has 2 aromatic carbocycles. The van der Waals surface area contributed by atoms with Crippen molar-refractivity contribution in [3.8, 4) is 5.75 Å². The van der Waals surface area contributed by atoms with E-state index in [1.165, 1.54) is 0 Å². The summed E-state index contributed by atoms with van der Waals surface area (Å²) in [7, 11) is 1.62. The predicted molar refractivity (Wildman–Crippen MR) is 102 cm³/mol. The van der Waals surface area contributed by atoms with Gasteiger partial charge in [-0.1, -0.05) is 24.3 Å². The molecule has 0 bridgehead atoms. The smallest absolute Gasteiger partial charge is 0.319 e. The Hall–Kier alpha value is -3.02. The third-order valence-corrected chi connectivity index (χ3v) is 3.94. The predicted octanol–water partition coefficient (Wildman–Crippen LogP) is 3.17. The topological polar surface area (TPSA) is 70.7 Å². The van der Waals surface area contributed by atoms with E-state index in [0.29, 0.717) is 18.8 Å². The van der Waals surface area contributed by atoms with Gasteiger partial charge in [0.1, 0.15) is 5.75 Å². The Morgan fingerprint density at radius 1 is 1.12 bits per heavy atom. The maximum absolute atomic E-state index is 12.4. The quantitative estimate of drug-likeness (QED) is 0.801. The molecular weight excluding hydrogens is 330 g/mol. The highest BCUT2D eigenvalue weighted by molar-refractivity contribution is 5.92. The lowest BCUT2D eigenvalue weighted by atomic mass is 10.2. The van der Waals surface area contributed by atoms with Gasteiger partial charge in [-0.2, -0.15) is 0 Å². The fraction of sp³-hybridized carbons (Fsp3) is 0.300. The summed E-state index contributed by atoms with van der Waals surface area (Å²) >= 11 is 0. The van der Waals surface area contributed by atoms with Crippen molar-refractivity contribution in [1.82, 2.24) is 10.2 Å². The van der Waals surface area contributed by atoms with Crippen LogP contribution in [0.4, 0.5) is 10.5 Å². The first-order valence-corrected chi connectivity index (χ1v) is 8.54. The number of rotatable bonds is 7. The molecular formula is C20H25N3O3. The van der Waals surface area contributed by atoms with Crippen LogP contribution in [0, 0.1) is 6.92 Å². The first-order valence-electron chi connectivity index (χ1n) is 8.54. The zero-order chi connectivity index (χ0) is 18.9. The number of nitrogens with zero attached hydrogens (tertiary/aromatic N) is 1. The number of likely N-dealkylation sites (N-methyl/N-ethyl adjacent to an activating group) is 1. The van der Waals surface area contributed by atoms with Gasteiger partial charge in [0, 0.05) is 18.8 Å². The van der Waals surface area contributed by atoms with E-state index in [4.69, 9.17) is 4.74 Å². The average molecular weight is 355 g/mol. The minimum Gasteiger partial charge on any atom is -0.497 e. The number of urea groups is 1. The number of benzene rings is 2. The third-order valence-electron chi connectivity index (χ3n) is 3.94. The minimum atomic E-state index is -0.399. The van der Waals surface area contributed by atoms with E-state index in [2.05, 4.69) is 10.6 Å². The number of ether oxygens (including phenoxy) is 1. The Bertz CT molecular complexity index is 744. The number of hydrogen-bond donors (Lipinski definition) is 2. The lowest BCUT2D eigenvalue weighted by Gasteiger charge is -2.21. The van der Waals surface area contributed by atoms with Gasteiger partial charge >= 0.3 is 6.03 Å². The molecule has 0 aromatic heterocycles. The molecule has 3 amide bonds. The molecule has 0 saturated heterocycles. The number of hydrogen-bond acceptors (Lipinski definition) is 3. The highest BCUT2D eigenvalue weighted by Gasteiger charge is 2.13. The zero-order valence-corrected chi connectivity index (χ0v) is 15.4. The van der Waals surface area contributed by atoms with Gasteiger partial charge in [-0.15, -0.1) is 0 Å². The largest absolute Gasteiger partial charge is 0.497 e.